The molecular weight excluding hydrogens is 353 g/mol. The second-order valence-electron chi connectivity index (χ2n) is 6.46. The number of aromatic nitrogens is 2. The largest absolute Gasteiger partial charge is 0.296 e. The van der Waals surface area contributed by atoms with Gasteiger partial charge in [0.15, 0.2) is 0 Å². The second-order valence-corrected chi connectivity index (χ2v) is 9.22. The molecule has 0 bridgehead atoms. The molecule has 0 radical (unpaired) electrons. The average Bonchev–Trinajstić information content (AvgIpc) is 3.10. The van der Waals surface area contributed by atoms with Gasteiger partial charge in [0, 0.05) is 37.9 Å². The molecule has 0 atom stereocenters. The summed E-state index contributed by atoms with van der Waals surface area (Å²) in [4.78, 5) is 4.97. The lowest BCUT2D eigenvalue weighted by Gasteiger charge is -2.41. The Kier molecular flexibility index (Phi) is 6.15. The molecule has 0 unspecified atom stereocenters. The lowest BCUT2D eigenvalue weighted by molar-refractivity contribution is 0.418. The van der Waals surface area contributed by atoms with Crippen LogP contribution in [0.5, 0.6) is 0 Å². The smallest absolute Gasteiger partial charge is 0.143 e. The highest BCUT2D eigenvalue weighted by Gasteiger charge is 2.37. The van der Waals surface area contributed by atoms with Crippen LogP contribution in [-0.2, 0) is 0 Å². The average molecular weight is 383 g/mol. The second kappa shape index (κ2) is 8.39. The SMILES string of the molecule is CCN(CC)P(=N)(c1c(-c2ccccc2)nc2ccccn12)N(CC)CC. The van der Waals surface area contributed by atoms with E-state index in [1.807, 2.05) is 36.4 Å². The third-order valence-electron chi connectivity index (χ3n) is 5.13. The van der Waals surface area contributed by atoms with E-state index in [4.69, 9.17) is 4.98 Å². The number of hydrogen-bond donors (Lipinski definition) is 1. The number of nitrogens with zero attached hydrogens (tertiary/aromatic N) is 4. The first-order chi connectivity index (χ1) is 13.1. The number of hydrogen-bond acceptors (Lipinski definition) is 2. The van der Waals surface area contributed by atoms with Crippen molar-refractivity contribution in [2.75, 3.05) is 26.2 Å². The van der Waals surface area contributed by atoms with E-state index in [1.54, 1.807) is 0 Å². The van der Waals surface area contributed by atoms with Crippen LogP contribution in [0.1, 0.15) is 27.7 Å². The van der Waals surface area contributed by atoms with Crippen molar-refractivity contribution in [1.29, 1.82) is 5.16 Å². The summed E-state index contributed by atoms with van der Waals surface area (Å²) in [6.45, 7) is 12.0. The minimum Gasteiger partial charge on any atom is -0.296 e. The van der Waals surface area contributed by atoms with Gasteiger partial charge in [-0.1, -0.05) is 64.1 Å². The topological polar surface area (TPSA) is 47.6 Å². The third-order valence-corrected chi connectivity index (χ3v) is 8.91. The van der Waals surface area contributed by atoms with Crippen molar-refractivity contribution >= 4 is 18.4 Å². The summed E-state index contributed by atoms with van der Waals surface area (Å²) in [6.07, 6.45) is 2.06. The Morgan fingerprint density at radius 3 is 1.96 bits per heavy atom. The summed E-state index contributed by atoms with van der Waals surface area (Å²) in [7, 11) is -2.53. The summed E-state index contributed by atoms with van der Waals surface area (Å²) < 4.78 is 6.78. The molecule has 0 aliphatic rings. The number of pyridine rings is 1. The predicted octanol–water partition coefficient (Wildman–Crippen LogP) is 4.92. The monoisotopic (exact) mass is 383 g/mol. The molecule has 3 rings (SSSR count). The Labute approximate surface area is 162 Å². The van der Waals surface area contributed by atoms with E-state index in [0.717, 1.165) is 48.5 Å². The molecule has 1 N–H and O–H groups in total. The molecular formula is C21H30N5P. The normalized spacial score (nSPS) is 12.4. The highest BCUT2D eigenvalue weighted by molar-refractivity contribution is 7.68. The maximum atomic E-state index is 9.87. The van der Waals surface area contributed by atoms with Crippen LogP contribution in [0, 0.1) is 5.16 Å². The summed E-state index contributed by atoms with van der Waals surface area (Å²) in [5.41, 5.74) is 3.94. The van der Waals surface area contributed by atoms with Crippen LogP contribution in [0.15, 0.2) is 54.7 Å². The zero-order valence-electron chi connectivity index (χ0n) is 16.8. The molecule has 144 valence electrons. The van der Waals surface area contributed by atoms with E-state index in [1.165, 1.54) is 0 Å². The van der Waals surface area contributed by atoms with Crippen LogP contribution < -0.4 is 5.44 Å². The molecule has 0 aliphatic heterocycles. The van der Waals surface area contributed by atoms with Gasteiger partial charge in [-0.15, -0.1) is 0 Å². The van der Waals surface area contributed by atoms with E-state index in [0.29, 0.717) is 0 Å². The lowest BCUT2D eigenvalue weighted by Crippen LogP contribution is -2.38. The van der Waals surface area contributed by atoms with Gasteiger partial charge in [-0.05, 0) is 12.1 Å². The molecule has 0 amide bonds. The number of benzene rings is 1. The van der Waals surface area contributed by atoms with Crippen LogP contribution >= 0.6 is 7.36 Å². The molecule has 0 aliphatic carbocycles. The van der Waals surface area contributed by atoms with E-state index < -0.39 is 7.36 Å². The van der Waals surface area contributed by atoms with Crippen molar-refractivity contribution in [2.45, 2.75) is 27.7 Å². The maximum absolute atomic E-state index is 9.87. The van der Waals surface area contributed by atoms with E-state index in [-0.39, 0.29) is 0 Å². The molecule has 0 fully saturated rings. The van der Waals surface area contributed by atoms with Gasteiger partial charge < -0.3 is 0 Å². The molecule has 0 spiro atoms. The van der Waals surface area contributed by atoms with Gasteiger partial charge >= 0.3 is 0 Å². The lowest BCUT2D eigenvalue weighted by atomic mass is 10.2. The molecule has 2 heterocycles. The molecule has 3 aromatic rings. The molecule has 27 heavy (non-hydrogen) atoms. The first kappa shape index (κ1) is 19.8. The highest BCUT2D eigenvalue weighted by Crippen LogP contribution is 2.54. The molecule has 0 saturated carbocycles. The Hall–Kier alpha value is -1.94. The Morgan fingerprint density at radius 2 is 1.41 bits per heavy atom. The minimum atomic E-state index is -2.53. The van der Waals surface area contributed by atoms with E-state index in [2.05, 4.69) is 59.8 Å². The molecule has 5 nitrogen and oxygen atoms in total. The number of nitrogens with one attached hydrogen (secondary N) is 1. The summed E-state index contributed by atoms with van der Waals surface area (Å²) >= 11 is 0. The zero-order valence-corrected chi connectivity index (χ0v) is 17.7. The van der Waals surface area contributed by atoms with E-state index in [9.17, 15) is 5.16 Å². The number of rotatable bonds is 8. The van der Waals surface area contributed by atoms with Crippen LogP contribution in [-0.4, -0.2) is 44.9 Å². The fourth-order valence-electron chi connectivity index (χ4n) is 3.78. The Morgan fingerprint density at radius 1 is 0.852 bits per heavy atom. The minimum absolute atomic E-state index is 0.846. The Bertz CT molecular complexity index is 910. The number of fused-ring (bicyclic) bond motifs is 1. The van der Waals surface area contributed by atoms with Gasteiger partial charge in [0.2, 0.25) is 0 Å². The van der Waals surface area contributed by atoms with Crippen molar-refractivity contribution in [1.82, 2.24) is 18.7 Å². The van der Waals surface area contributed by atoms with Gasteiger partial charge in [-0.2, -0.15) is 0 Å². The van der Waals surface area contributed by atoms with Crippen molar-refractivity contribution < 1.29 is 0 Å². The predicted molar refractivity (Wildman–Crippen MR) is 116 cm³/mol. The van der Waals surface area contributed by atoms with Crippen molar-refractivity contribution in [3.05, 3.63) is 54.7 Å². The van der Waals surface area contributed by atoms with Gasteiger partial charge in [0.25, 0.3) is 0 Å². The van der Waals surface area contributed by atoms with Crippen LogP contribution in [0.4, 0.5) is 0 Å². The van der Waals surface area contributed by atoms with Crippen LogP contribution in [0.25, 0.3) is 16.9 Å². The van der Waals surface area contributed by atoms with Gasteiger partial charge in [0.05, 0.1) is 0 Å². The standard InChI is InChI=1S/C21H30N5P/c1-5-24(6-2)27(22,25(7-3)8-4)21-20(18-14-10-9-11-15-18)23-19-16-12-13-17-26(19)21/h9-17,22H,5-8H2,1-4H3. The van der Waals surface area contributed by atoms with E-state index >= 15 is 0 Å². The highest BCUT2D eigenvalue weighted by atomic mass is 31.2. The van der Waals surface area contributed by atoms with Gasteiger partial charge in [-0.25, -0.2) is 4.98 Å². The maximum Gasteiger partial charge on any atom is 0.143 e. The van der Waals surface area contributed by atoms with Crippen LogP contribution in [0.2, 0.25) is 0 Å². The fraction of sp³-hybridized carbons (Fsp3) is 0.381. The van der Waals surface area contributed by atoms with Crippen LogP contribution in [0.3, 0.4) is 0 Å². The zero-order chi connectivity index (χ0) is 19.4. The van der Waals surface area contributed by atoms with Gasteiger partial charge in [0.1, 0.15) is 24.1 Å². The summed E-state index contributed by atoms with van der Waals surface area (Å²) in [5, 5.41) is 9.87. The van der Waals surface area contributed by atoms with Crippen molar-refractivity contribution in [2.24, 2.45) is 0 Å². The van der Waals surface area contributed by atoms with Gasteiger partial charge in [-0.3, -0.25) is 18.9 Å². The first-order valence-electron chi connectivity index (χ1n) is 9.79. The van der Waals surface area contributed by atoms with Crippen molar-refractivity contribution in [3.63, 3.8) is 0 Å². The fourth-order valence-corrected chi connectivity index (χ4v) is 7.26. The molecule has 0 saturated heterocycles. The Balaban J connectivity index is 2.39. The van der Waals surface area contributed by atoms with Crippen molar-refractivity contribution in [3.8, 4) is 11.3 Å². The molecule has 2 aromatic heterocycles. The molecule has 1 aromatic carbocycles. The summed E-state index contributed by atoms with van der Waals surface area (Å²) in [5.74, 6) is 0. The molecule has 6 heteroatoms. The quantitative estimate of drug-likeness (QED) is 0.562. The first-order valence-corrected chi connectivity index (χ1v) is 11.5. The number of imidazole rings is 1. The summed E-state index contributed by atoms with van der Waals surface area (Å²) in [6, 6.07) is 16.4. The third kappa shape index (κ3) is 3.36.